The number of nitrogens with one attached hydrogen (secondary N) is 1. The Labute approximate surface area is 137 Å². The van der Waals surface area contributed by atoms with Gasteiger partial charge in [0, 0.05) is 18.2 Å². The van der Waals surface area contributed by atoms with E-state index in [0.29, 0.717) is 6.54 Å². The van der Waals surface area contributed by atoms with E-state index in [-0.39, 0.29) is 11.7 Å². The molecular weight excluding hydrogens is 282 g/mol. The number of hydrogen-bond donors (Lipinski definition) is 1. The van der Waals surface area contributed by atoms with Crippen molar-refractivity contribution in [1.82, 2.24) is 0 Å². The Morgan fingerprint density at radius 3 is 2.43 bits per heavy atom. The van der Waals surface area contributed by atoms with Crippen molar-refractivity contribution in [2.24, 2.45) is 5.92 Å². The highest BCUT2D eigenvalue weighted by Crippen LogP contribution is 2.27. The molecule has 0 saturated heterocycles. The van der Waals surface area contributed by atoms with Crippen molar-refractivity contribution in [2.75, 3.05) is 11.9 Å². The zero-order chi connectivity index (χ0) is 15.9. The topological polar surface area (TPSA) is 29.1 Å². The van der Waals surface area contributed by atoms with Gasteiger partial charge in [0.25, 0.3) is 0 Å². The Kier molecular flexibility index (Phi) is 5.05. The monoisotopic (exact) mass is 303 g/mol. The van der Waals surface area contributed by atoms with Gasteiger partial charge < -0.3 is 5.32 Å². The fourth-order valence-electron chi connectivity index (χ4n) is 2.84. The number of ketones is 1. The molecule has 0 heterocycles. The van der Waals surface area contributed by atoms with Crippen LogP contribution in [0.15, 0.2) is 78.4 Å². The molecule has 2 nitrogen and oxygen atoms in total. The summed E-state index contributed by atoms with van der Waals surface area (Å²) in [5, 5.41) is 3.35. The lowest BCUT2D eigenvalue weighted by atomic mass is 10.1. The second-order valence-electron chi connectivity index (χ2n) is 5.81. The summed E-state index contributed by atoms with van der Waals surface area (Å²) >= 11 is 0. The average molecular weight is 303 g/mol. The third-order valence-corrected chi connectivity index (χ3v) is 4.16. The van der Waals surface area contributed by atoms with Gasteiger partial charge in [-0.05, 0) is 36.1 Å². The number of carbonyl (C=O) groups is 1. The summed E-state index contributed by atoms with van der Waals surface area (Å²) in [6.45, 7) is 0.711. The first kappa shape index (κ1) is 15.3. The van der Waals surface area contributed by atoms with Crippen LogP contribution >= 0.6 is 0 Å². The van der Waals surface area contributed by atoms with E-state index in [1.54, 1.807) is 0 Å². The van der Waals surface area contributed by atoms with Gasteiger partial charge in [0.1, 0.15) is 0 Å². The summed E-state index contributed by atoms with van der Waals surface area (Å²) in [5.74, 6) is 0.373. The maximum atomic E-state index is 12.4. The number of benzene rings is 2. The molecule has 116 valence electrons. The van der Waals surface area contributed by atoms with Crippen molar-refractivity contribution < 1.29 is 4.79 Å². The lowest BCUT2D eigenvalue weighted by molar-refractivity contribution is -0.117. The van der Waals surface area contributed by atoms with Crippen LogP contribution in [0, 0.1) is 5.92 Å². The molecule has 1 aliphatic rings. The van der Waals surface area contributed by atoms with Crippen LogP contribution in [0.4, 0.5) is 5.69 Å². The minimum Gasteiger partial charge on any atom is -0.384 e. The SMILES string of the molecule is O=C1/C(=C/C=C/c2ccccc2)CCC1CNc1ccccc1. The van der Waals surface area contributed by atoms with Crippen LogP contribution in [-0.2, 0) is 4.79 Å². The Morgan fingerprint density at radius 1 is 1.00 bits per heavy atom. The van der Waals surface area contributed by atoms with Crippen LogP contribution in [0.1, 0.15) is 18.4 Å². The van der Waals surface area contributed by atoms with E-state index >= 15 is 0 Å². The van der Waals surface area contributed by atoms with Gasteiger partial charge in [-0.3, -0.25) is 4.79 Å². The van der Waals surface area contributed by atoms with Crippen LogP contribution in [0.2, 0.25) is 0 Å². The molecule has 0 aromatic heterocycles. The van der Waals surface area contributed by atoms with Crippen molar-refractivity contribution in [3.05, 3.63) is 84.0 Å². The normalized spacial score (nSPS) is 19.6. The highest BCUT2D eigenvalue weighted by molar-refractivity contribution is 6.00. The molecule has 2 aromatic rings. The number of carbonyl (C=O) groups excluding carboxylic acids is 1. The summed E-state index contributed by atoms with van der Waals surface area (Å²) in [5.41, 5.74) is 3.16. The molecule has 0 radical (unpaired) electrons. The van der Waals surface area contributed by atoms with E-state index in [4.69, 9.17) is 0 Å². The molecule has 0 bridgehead atoms. The lowest BCUT2D eigenvalue weighted by Gasteiger charge is -2.10. The Hall–Kier alpha value is -2.61. The van der Waals surface area contributed by atoms with E-state index in [0.717, 1.165) is 29.7 Å². The fraction of sp³-hybridized carbons (Fsp3) is 0.190. The smallest absolute Gasteiger partial charge is 0.163 e. The first-order chi connectivity index (χ1) is 11.3. The van der Waals surface area contributed by atoms with Crippen molar-refractivity contribution >= 4 is 17.5 Å². The minimum absolute atomic E-state index is 0.0894. The summed E-state index contributed by atoms with van der Waals surface area (Å²) < 4.78 is 0. The molecule has 2 heteroatoms. The Balaban J connectivity index is 1.56. The van der Waals surface area contributed by atoms with Gasteiger partial charge in [0.15, 0.2) is 5.78 Å². The maximum absolute atomic E-state index is 12.4. The number of rotatable bonds is 5. The number of Topliss-reactive ketones (excluding diaryl/α,β-unsaturated/α-hetero) is 1. The van der Waals surface area contributed by atoms with Gasteiger partial charge in [0.05, 0.1) is 0 Å². The van der Waals surface area contributed by atoms with Gasteiger partial charge in [-0.25, -0.2) is 0 Å². The highest BCUT2D eigenvalue weighted by Gasteiger charge is 2.28. The highest BCUT2D eigenvalue weighted by atomic mass is 16.1. The number of hydrogen-bond acceptors (Lipinski definition) is 2. The van der Waals surface area contributed by atoms with Gasteiger partial charge in [0.2, 0.25) is 0 Å². The molecule has 0 spiro atoms. The van der Waals surface area contributed by atoms with Crippen molar-refractivity contribution in [3.8, 4) is 0 Å². The zero-order valence-corrected chi connectivity index (χ0v) is 13.1. The van der Waals surface area contributed by atoms with Crippen molar-refractivity contribution in [1.29, 1.82) is 0 Å². The Morgan fingerprint density at radius 2 is 1.70 bits per heavy atom. The minimum atomic E-state index is 0.0894. The second-order valence-corrected chi connectivity index (χ2v) is 5.81. The lowest BCUT2D eigenvalue weighted by Crippen LogP contribution is -2.18. The number of anilines is 1. The molecule has 1 saturated carbocycles. The molecule has 0 amide bonds. The second kappa shape index (κ2) is 7.59. The molecule has 1 atom stereocenters. The van der Waals surface area contributed by atoms with Crippen LogP contribution < -0.4 is 5.32 Å². The van der Waals surface area contributed by atoms with Gasteiger partial charge in [-0.1, -0.05) is 66.8 Å². The van der Waals surface area contributed by atoms with Crippen LogP contribution in [0.3, 0.4) is 0 Å². The quantitative estimate of drug-likeness (QED) is 0.810. The molecule has 2 aromatic carbocycles. The molecule has 0 aliphatic heterocycles. The van der Waals surface area contributed by atoms with Gasteiger partial charge in [-0.2, -0.15) is 0 Å². The predicted octanol–water partition coefficient (Wildman–Crippen LogP) is 4.72. The first-order valence-corrected chi connectivity index (χ1v) is 8.08. The van der Waals surface area contributed by atoms with E-state index in [1.165, 1.54) is 0 Å². The average Bonchev–Trinajstić information content (AvgIpc) is 2.95. The van der Waals surface area contributed by atoms with Gasteiger partial charge in [-0.15, -0.1) is 0 Å². The van der Waals surface area contributed by atoms with Crippen LogP contribution in [0.25, 0.3) is 6.08 Å². The van der Waals surface area contributed by atoms with E-state index in [1.807, 2.05) is 66.8 Å². The molecule has 1 N–H and O–H groups in total. The molecule has 23 heavy (non-hydrogen) atoms. The number of allylic oxidation sites excluding steroid dienone is 3. The standard InChI is InChI=1S/C21H21NO/c23-21-18(11-7-10-17-8-3-1-4-9-17)14-15-19(21)16-22-20-12-5-2-6-13-20/h1-13,19,22H,14-16H2/b10-7+,18-11+. The molecular formula is C21H21NO. The third-order valence-electron chi connectivity index (χ3n) is 4.16. The van der Waals surface area contributed by atoms with E-state index in [9.17, 15) is 4.79 Å². The Bertz CT molecular complexity index is 701. The maximum Gasteiger partial charge on any atom is 0.163 e. The third kappa shape index (κ3) is 4.19. The summed E-state index contributed by atoms with van der Waals surface area (Å²) in [6.07, 6.45) is 7.80. The fourth-order valence-corrected chi connectivity index (χ4v) is 2.84. The first-order valence-electron chi connectivity index (χ1n) is 8.08. The number of para-hydroxylation sites is 1. The summed E-state index contributed by atoms with van der Waals surface area (Å²) in [6, 6.07) is 20.2. The zero-order valence-electron chi connectivity index (χ0n) is 13.1. The molecule has 3 rings (SSSR count). The van der Waals surface area contributed by atoms with E-state index < -0.39 is 0 Å². The molecule has 1 aliphatic carbocycles. The van der Waals surface area contributed by atoms with Crippen molar-refractivity contribution in [2.45, 2.75) is 12.8 Å². The summed E-state index contributed by atoms with van der Waals surface area (Å²) in [7, 11) is 0. The predicted molar refractivity (Wildman–Crippen MR) is 96.2 cm³/mol. The van der Waals surface area contributed by atoms with E-state index in [2.05, 4.69) is 17.4 Å². The van der Waals surface area contributed by atoms with Gasteiger partial charge >= 0.3 is 0 Å². The van der Waals surface area contributed by atoms with Crippen LogP contribution in [-0.4, -0.2) is 12.3 Å². The van der Waals surface area contributed by atoms with Crippen LogP contribution in [0.5, 0.6) is 0 Å². The molecule has 1 fully saturated rings. The molecule has 1 unspecified atom stereocenters. The van der Waals surface area contributed by atoms with Crippen molar-refractivity contribution in [3.63, 3.8) is 0 Å². The summed E-state index contributed by atoms with van der Waals surface area (Å²) in [4.78, 5) is 12.4. The largest absolute Gasteiger partial charge is 0.384 e.